The second-order valence-electron chi connectivity index (χ2n) is 5.19. The second-order valence-corrected chi connectivity index (χ2v) is 6.34. The zero-order valence-electron chi connectivity index (χ0n) is 12.3. The Bertz CT molecular complexity index is 1030. The first-order valence-corrected chi connectivity index (χ1v) is 8.07. The van der Waals surface area contributed by atoms with Crippen molar-refractivity contribution in [1.29, 1.82) is 0 Å². The van der Waals surface area contributed by atoms with Crippen LogP contribution in [0, 0.1) is 0 Å². The number of nitrogens with one attached hydrogen (secondary N) is 2. The summed E-state index contributed by atoms with van der Waals surface area (Å²) in [5.41, 5.74) is 2.85. The molecule has 0 aliphatic carbocycles. The van der Waals surface area contributed by atoms with E-state index in [2.05, 4.69) is 30.2 Å². The van der Waals surface area contributed by atoms with Crippen LogP contribution in [-0.4, -0.2) is 29.5 Å². The van der Waals surface area contributed by atoms with Crippen molar-refractivity contribution in [2.24, 2.45) is 7.05 Å². The van der Waals surface area contributed by atoms with Crippen LogP contribution < -0.4 is 5.32 Å². The van der Waals surface area contributed by atoms with Crippen LogP contribution in [0.3, 0.4) is 0 Å². The molecule has 0 aliphatic rings. The zero-order valence-corrected chi connectivity index (χ0v) is 14.6. The maximum Gasteiger partial charge on any atom is 0.226 e. The maximum absolute atomic E-state index is 6.02. The summed E-state index contributed by atoms with van der Waals surface area (Å²) in [5, 5.41) is 4.27. The number of halogens is 3. The van der Waals surface area contributed by atoms with E-state index in [-0.39, 0.29) is 5.28 Å². The molecule has 3 heterocycles. The minimum absolute atomic E-state index is 0.150. The van der Waals surface area contributed by atoms with E-state index < -0.39 is 0 Å². The van der Waals surface area contributed by atoms with Crippen LogP contribution in [0.15, 0.2) is 18.5 Å². The Hall–Kier alpha value is -2.09. The number of fused-ring (bicyclic) bond motifs is 2. The fourth-order valence-electron chi connectivity index (χ4n) is 2.41. The number of hydrogen-bond donors (Lipinski definition) is 2. The fourth-order valence-corrected chi connectivity index (χ4v) is 2.90. The molecule has 0 atom stereocenters. The Morgan fingerprint density at radius 3 is 2.75 bits per heavy atom. The molecular weight excluding hydrogens is 373 g/mol. The van der Waals surface area contributed by atoms with Crippen LogP contribution in [0.4, 0.5) is 5.82 Å². The summed E-state index contributed by atoms with van der Waals surface area (Å²) in [6.45, 7) is 0.406. The van der Waals surface area contributed by atoms with Crippen molar-refractivity contribution in [3.05, 3.63) is 39.6 Å². The normalized spacial score (nSPS) is 11.5. The van der Waals surface area contributed by atoms with E-state index in [9.17, 15) is 0 Å². The number of aryl methyl sites for hydroxylation is 1. The molecule has 24 heavy (non-hydrogen) atoms. The van der Waals surface area contributed by atoms with Gasteiger partial charge in [0.25, 0.3) is 0 Å². The van der Waals surface area contributed by atoms with Gasteiger partial charge in [-0.3, -0.25) is 0 Å². The van der Waals surface area contributed by atoms with Gasteiger partial charge in [0.05, 0.1) is 34.0 Å². The van der Waals surface area contributed by atoms with E-state index in [0.29, 0.717) is 39.4 Å². The monoisotopic (exact) mass is 381 g/mol. The van der Waals surface area contributed by atoms with Crippen LogP contribution in [0.1, 0.15) is 5.82 Å². The van der Waals surface area contributed by atoms with Crippen LogP contribution in [0.2, 0.25) is 15.3 Å². The Morgan fingerprint density at radius 1 is 1.12 bits per heavy atom. The first kappa shape index (κ1) is 15.4. The fraction of sp³-hybridized carbons (Fsp3) is 0.143. The molecule has 122 valence electrons. The van der Waals surface area contributed by atoms with Crippen LogP contribution >= 0.6 is 34.8 Å². The molecule has 0 unspecified atom stereocenters. The average Bonchev–Trinajstić information content (AvgIpc) is 3.09. The van der Waals surface area contributed by atoms with Crippen LogP contribution in [0.25, 0.3) is 22.2 Å². The van der Waals surface area contributed by atoms with Gasteiger partial charge in [-0.25, -0.2) is 9.97 Å². The van der Waals surface area contributed by atoms with Crippen molar-refractivity contribution in [3.8, 4) is 0 Å². The number of benzene rings is 1. The molecule has 0 bridgehead atoms. The summed E-state index contributed by atoms with van der Waals surface area (Å²) in [6.07, 6.45) is 1.66. The summed E-state index contributed by atoms with van der Waals surface area (Å²) in [7, 11) is 1.84. The summed E-state index contributed by atoms with van der Waals surface area (Å²) in [5.74, 6) is 1.25. The Morgan fingerprint density at radius 2 is 1.92 bits per heavy atom. The van der Waals surface area contributed by atoms with Gasteiger partial charge in [-0.15, -0.1) is 0 Å². The molecule has 0 amide bonds. The molecule has 0 saturated carbocycles. The highest BCUT2D eigenvalue weighted by atomic mass is 35.5. The maximum atomic E-state index is 6.02. The van der Waals surface area contributed by atoms with E-state index in [4.69, 9.17) is 34.8 Å². The third-order valence-electron chi connectivity index (χ3n) is 3.53. The number of anilines is 1. The highest BCUT2D eigenvalue weighted by Crippen LogP contribution is 2.27. The molecule has 0 radical (unpaired) electrons. The zero-order chi connectivity index (χ0) is 16.8. The lowest BCUT2D eigenvalue weighted by Gasteiger charge is -2.04. The first-order valence-electron chi connectivity index (χ1n) is 6.93. The summed E-state index contributed by atoms with van der Waals surface area (Å²) < 4.78 is 1.78. The number of nitrogens with zero attached hydrogens (tertiary/aromatic N) is 5. The molecule has 2 N–H and O–H groups in total. The molecule has 4 rings (SSSR count). The van der Waals surface area contributed by atoms with Gasteiger partial charge in [-0.05, 0) is 23.7 Å². The van der Waals surface area contributed by atoms with Crippen molar-refractivity contribution >= 4 is 62.8 Å². The molecule has 0 fully saturated rings. The quantitative estimate of drug-likeness (QED) is 0.526. The van der Waals surface area contributed by atoms with E-state index in [0.717, 1.165) is 11.0 Å². The lowest BCUT2D eigenvalue weighted by atomic mass is 10.3. The molecule has 1 aromatic carbocycles. The Labute approximate surface area is 151 Å². The van der Waals surface area contributed by atoms with E-state index in [1.54, 1.807) is 23.0 Å². The average molecular weight is 383 g/mol. The van der Waals surface area contributed by atoms with Gasteiger partial charge < -0.3 is 14.9 Å². The molecule has 4 aromatic rings. The van der Waals surface area contributed by atoms with Crippen LogP contribution in [-0.2, 0) is 13.6 Å². The number of H-pyrrole nitrogens is 1. The molecule has 7 nitrogen and oxygen atoms in total. The lowest BCUT2D eigenvalue weighted by Crippen LogP contribution is -2.05. The lowest BCUT2D eigenvalue weighted by molar-refractivity contribution is 0.927. The summed E-state index contributed by atoms with van der Waals surface area (Å²) in [6, 6.07) is 3.46. The van der Waals surface area contributed by atoms with Gasteiger partial charge in [-0.1, -0.05) is 23.2 Å². The van der Waals surface area contributed by atoms with Crippen molar-refractivity contribution in [1.82, 2.24) is 29.5 Å². The number of rotatable bonds is 3. The number of aromatic nitrogens is 6. The first-order chi connectivity index (χ1) is 11.5. The molecule has 0 aliphatic heterocycles. The molecule has 0 spiro atoms. The largest absolute Gasteiger partial charge is 0.361 e. The second kappa shape index (κ2) is 5.77. The number of hydrogen-bond acceptors (Lipinski definition) is 5. The standard InChI is InChI=1S/C14H10Cl3N7/c1-24-5-19-11-12(22-14(17)23-13(11)24)18-4-10-20-8-2-6(15)7(16)3-9(8)21-10/h2-3,5H,4H2,1H3,(H,20,21)(H,18,22,23). The minimum Gasteiger partial charge on any atom is -0.361 e. The molecule has 0 saturated heterocycles. The van der Waals surface area contributed by atoms with Gasteiger partial charge in [0, 0.05) is 7.05 Å². The summed E-state index contributed by atoms with van der Waals surface area (Å²) >= 11 is 18.0. The third kappa shape index (κ3) is 2.64. The molecular formula is C14H10Cl3N7. The number of aromatic amines is 1. The molecule has 10 heteroatoms. The van der Waals surface area contributed by atoms with Gasteiger partial charge >= 0.3 is 0 Å². The molecule has 3 aromatic heterocycles. The predicted octanol–water partition coefficient (Wildman–Crippen LogP) is 3.81. The predicted molar refractivity (Wildman–Crippen MR) is 94.8 cm³/mol. The van der Waals surface area contributed by atoms with Crippen molar-refractivity contribution in [2.45, 2.75) is 6.54 Å². The number of imidazole rings is 2. The van der Waals surface area contributed by atoms with Gasteiger partial charge in [0.1, 0.15) is 5.82 Å². The topological polar surface area (TPSA) is 84.3 Å². The highest BCUT2D eigenvalue weighted by molar-refractivity contribution is 6.42. The Balaban J connectivity index is 1.65. The van der Waals surface area contributed by atoms with Crippen molar-refractivity contribution in [2.75, 3.05) is 5.32 Å². The summed E-state index contributed by atoms with van der Waals surface area (Å²) in [4.78, 5) is 20.3. The Kier molecular flexibility index (Phi) is 3.71. The third-order valence-corrected chi connectivity index (χ3v) is 4.42. The SMILES string of the molecule is Cn1cnc2c(NCc3nc4cc(Cl)c(Cl)cc4[nH]3)nc(Cl)nc21. The van der Waals surface area contributed by atoms with E-state index in [1.807, 2.05) is 7.05 Å². The smallest absolute Gasteiger partial charge is 0.226 e. The van der Waals surface area contributed by atoms with Crippen molar-refractivity contribution in [3.63, 3.8) is 0 Å². The van der Waals surface area contributed by atoms with E-state index >= 15 is 0 Å². The van der Waals surface area contributed by atoms with Gasteiger partial charge in [-0.2, -0.15) is 9.97 Å². The highest BCUT2D eigenvalue weighted by Gasteiger charge is 2.12. The van der Waals surface area contributed by atoms with Crippen LogP contribution in [0.5, 0.6) is 0 Å². The minimum atomic E-state index is 0.150. The van der Waals surface area contributed by atoms with Gasteiger partial charge in [0.2, 0.25) is 5.28 Å². The van der Waals surface area contributed by atoms with E-state index in [1.165, 1.54) is 0 Å². The van der Waals surface area contributed by atoms with Crippen molar-refractivity contribution < 1.29 is 0 Å². The van der Waals surface area contributed by atoms with Gasteiger partial charge in [0.15, 0.2) is 17.0 Å².